The molecule has 0 heterocycles. The van der Waals surface area contributed by atoms with Gasteiger partial charge in [0.2, 0.25) is 0 Å². The second-order valence-electron chi connectivity index (χ2n) is 8.18. The zero-order chi connectivity index (χ0) is 17.8. The van der Waals surface area contributed by atoms with E-state index in [-0.39, 0.29) is 17.6 Å². The molecule has 4 rings (SSSR count). The van der Waals surface area contributed by atoms with Crippen LogP contribution in [0.4, 0.5) is 0 Å². The minimum atomic E-state index is -0.180. The van der Waals surface area contributed by atoms with Crippen molar-refractivity contribution in [1.82, 2.24) is 0 Å². The van der Waals surface area contributed by atoms with Crippen molar-refractivity contribution in [3.63, 3.8) is 0 Å². The van der Waals surface area contributed by atoms with Crippen molar-refractivity contribution in [2.24, 2.45) is 17.3 Å². The first-order valence-corrected chi connectivity index (χ1v) is 10.4. The highest BCUT2D eigenvalue weighted by Gasteiger charge is 2.57. The minimum absolute atomic E-state index is 0.0123. The van der Waals surface area contributed by atoms with E-state index in [0.717, 1.165) is 35.0 Å². The normalized spacial score (nSPS) is 39.3. The Kier molecular flexibility index (Phi) is 4.66. The lowest BCUT2D eigenvalue weighted by Gasteiger charge is -2.53. The number of hydrogen-bond acceptors (Lipinski definition) is 3. The Bertz CT molecular complexity index is 688. The highest BCUT2D eigenvalue weighted by Crippen LogP contribution is 2.61. The highest BCUT2D eigenvalue weighted by atomic mass is 127. The van der Waals surface area contributed by atoms with E-state index in [1.54, 1.807) is 0 Å². The van der Waals surface area contributed by atoms with Gasteiger partial charge in [-0.2, -0.15) is 0 Å². The maximum Gasteiger partial charge on any atom is 0.140 e. The summed E-state index contributed by atoms with van der Waals surface area (Å²) < 4.78 is 12.7. The molecule has 3 aliphatic rings. The molecule has 2 saturated carbocycles. The third-order valence-electron chi connectivity index (χ3n) is 7.19. The summed E-state index contributed by atoms with van der Waals surface area (Å²) in [4.78, 5) is 0. The van der Waals surface area contributed by atoms with E-state index in [9.17, 15) is 5.11 Å². The summed E-state index contributed by atoms with van der Waals surface area (Å²) >= 11 is 2.36. The molecule has 1 aromatic carbocycles. The zero-order valence-corrected chi connectivity index (χ0v) is 17.2. The summed E-state index contributed by atoms with van der Waals surface area (Å²) in [6.45, 7) is 5.97. The molecule has 0 bridgehead atoms. The Balaban J connectivity index is 1.77. The van der Waals surface area contributed by atoms with Crippen molar-refractivity contribution < 1.29 is 14.6 Å². The number of halogens is 1. The predicted molar refractivity (Wildman–Crippen MR) is 107 cm³/mol. The number of aliphatic hydroxyl groups excluding tert-OH is 1. The number of rotatable bonds is 3. The van der Waals surface area contributed by atoms with Gasteiger partial charge in [0.1, 0.15) is 5.75 Å². The number of hydrogen-bond donors (Lipinski definition) is 1. The lowest BCUT2D eigenvalue weighted by Crippen LogP contribution is -2.50. The quantitative estimate of drug-likeness (QED) is 0.534. The molecule has 2 fully saturated rings. The Hall–Kier alpha value is -0.590. The maximum atomic E-state index is 10.6. The van der Waals surface area contributed by atoms with E-state index in [1.807, 2.05) is 7.11 Å². The van der Waals surface area contributed by atoms with Gasteiger partial charge in [-0.15, -0.1) is 0 Å². The number of benzene rings is 1. The van der Waals surface area contributed by atoms with Gasteiger partial charge in [0.25, 0.3) is 0 Å². The minimum Gasteiger partial charge on any atom is -0.465 e. The Morgan fingerprint density at radius 3 is 2.84 bits per heavy atom. The van der Waals surface area contributed by atoms with Gasteiger partial charge in [0.15, 0.2) is 0 Å². The smallest absolute Gasteiger partial charge is 0.140 e. The first kappa shape index (κ1) is 17.8. The predicted octanol–water partition coefficient (Wildman–Crippen LogP) is 4.66. The molecular formula is C21H27IO3. The van der Waals surface area contributed by atoms with Gasteiger partial charge in [-0.1, -0.05) is 13.5 Å². The molecule has 4 heteroatoms. The molecule has 0 unspecified atom stereocenters. The van der Waals surface area contributed by atoms with E-state index in [0.29, 0.717) is 17.8 Å². The van der Waals surface area contributed by atoms with Crippen molar-refractivity contribution in [1.29, 1.82) is 0 Å². The van der Waals surface area contributed by atoms with Gasteiger partial charge in [-0.3, -0.25) is 0 Å². The molecule has 0 saturated heterocycles. The third kappa shape index (κ3) is 2.67. The Morgan fingerprint density at radius 2 is 2.12 bits per heavy atom. The molecule has 136 valence electrons. The topological polar surface area (TPSA) is 38.7 Å². The van der Waals surface area contributed by atoms with E-state index < -0.39 is 0 Å². The second kappa shape index (κ2) is 6.54. The van der Waals surface area contributed by atoms with E-state index >= 15 is 0 Å². The molecule has 6 atom stereocenters. The van der Waals surface area contributed by atoms with Crippen LogP contribution in [0, 0.1) is 20.8 Å². The van der Waals surface area contributed by atoms with Gasteiger partial charge >= 0.3 is 0 Å². The van der Waals surface area contributed by atoms with Crippen molar-refractivity contribution in [3.05, 3.63) is 39.7 Å². The molecule has 3 nitrogen and oxygen atoms in total. The van der Waals surface area contributed by atoms with Gasteiger partial charge in [-0.25, -0.2) is 0 Å². The van der Waals surface area contributed by atoms with Crippen LogP contribution in [0.3, 0.4) is 0 Å². The van der Waals surface area contributed by atoms with E-state index in [1.165, 1.54) is 23.8 Å². The summed E-state index contributed by atoms with van der Waals surface area (Å²) in [7, 11) is 1.83. The summed E-state index contributed by atoms with van der Waals surface area (Å²) in [6.07, 6.45) is 6.81. The Morgan fingerprint density at radius 1 is 1.32 bits per heavy atom. The lowest BCUT2D eigenvalue weighted by molar-refractivity contribution is -0.0929. The molecule has 0 amide bonds. The summed E-state index contributed by atoms with van der Waals surface area (Å²) in [5.41, 5.74) is 2.84. The first-order chi connectivity index (χ1) is 12.0. The number of aliphatic hydroxyl groups is 1. The molecule has 0 radical (unpaired) electrons. The average Bonchev–Trinajstić information content (AvgIpc) is 2.90. The summed E-state index contributed by atoms with van der Waals surface area (Å²) in [5, 5.41) is 10.6. The fraction of sp³-hybridized carbons (Fsp3) is 0.619. The van der Waals surface area contributed by atoms with Crippen LogP contribution in [0.1, 0.15) is 49.7 Å². The van der Waals surface area contributed by atoms with Crippen LogP contribution in [0.25, 0.3) is 0 Å². The Labute approximate surface area is 163 Å². The molecule has 1 N–H and O–H groups in total. The van der Waals surface area contributed by atoms with Crippen LogP contribution in [0.2, 0.25) is 0 Å². The van der Waals surface area contributed by atoms with E-state index in [4.69, 9.17) is 9.47 Å². The molecule has 25 heavy (non-hydrogen) atoms. The van der Waals surface area contributed by atoms with Crippen LogP contribution in [-0.2, 0) is 11.2 Å². The van der Waals surface area contributed by atoms with Gasteiger partial charge in [-0.05, 0) is 95.2 Å². The zero-order valence-electron chi connectivity index (χ0n) is 15.0. The van der Waals surface area contributed by atoms with Crippen molar-refractivity contribution in [2.75, 3.05) is 7.11 Å². The van der Waals surface area contributed by atoms with E-state index in [2.05, 4.69) is 48.2 Å². The van der Waals surface area contributed by atoms with Crippen LogP contribution >= 0.6 is 22.6 Å². The van der Waals surface area contributed by atoms with Crippen molar-refractivity contribution in [3.8, 4) is 5.75 Å². The molecule has 0 spiro atoms. The van der Waals surface area contributed by atoms with Crippen LogP contribution in [0.5, 0.6) is 5.75 Å². The van der Waals surface area contributed by atoms with Crippen molar-refractivity contribution >= 4 is 22.6 Å². The van der Waals surface area contributed by atoms with Crippen LogP contribution < -0.4 is 4.74 Å². The summed E-state index contributed by atoms with van der Waals surface area (Å²) in [6, 6.07) is 4.49. The highest BCUT2D eigenvalue weighted by molar-refractivity contribution is 14.1. The number of methoxy groups -OCH3 is 1. The third-order valence-corrected chi connectivity index (χ3v) is 8.03. The van der Waals surface area contributed by atoms with Crippen LogP contribution in [-0.4, -0.2) is 24.4 Å². The molecular weight excluding hydrogens is 427 g/mol. The largest absolute Gasteiger partial charge is 0.465 e. The molecule has 0 aliphatic heterocycles. The number of aryl methyl sites for hydroxylation is 1. The first-order valence-electron chi connectivity index (χ1n) is 9.30. The summed E-state index contributed by atoms with van der Waals surface area (Å²) in [5.74, 6) is 2.55. The standard InChI is InChI=1S/C21H27IO3/c1-4-25-17-9-12-5-6-13-15-7-8-19(23)21(15,2)11-18(24-3)20(13)14(12)10-16(17)22/h4,9-10,13,15,18-20,23H,1,5-8,11H2,2-3H3/t13-,15-,18-,19-,20-,21-/m0/s1. The molecule has 3 aliphatic carbocycles. The fourth-order valence-corrected chi connectivity index (χ4v) is 6.62. The monoisotopic (exact) mass is 454 g/mol. The number of fused-ring (bicyclic) bond motifs is 5. The number of ether oxygens (including phenoxy) is 2. The fourth-order valence-electron chi connectivity index (χ4n) is 6.00. The molecule has 1 aromatic rings. The van der Waals surface area contributed by atoms with Gasteiger partial charge < -0.3 is 14.6 Å². The van der Waals surface area contributed by atoms with Gasteiger partial charge in [0, 0.05) is 13.0 Å². The average molecular weight is 454 g/mol. The SMILES string of the molecule is C=COc1cc2c(cc1I)[C@@H]1[C@@H](CC2)[C@@H]2CC[C@H](O)[C@@]2(C)C[C@@H]1OC. The maximum absolute atomic E-state index is 10.6. The van der Waals surface area contributed by atoms with Crippen molar-refractivity contribution in [2.45, 2.75) is 57.2 Å². The van der Waals surface area contributed by atoms with Gasteiger partial charge in [0.05, 0.1) is 22.0 Å². The lowest BCUT2D eigenvalue weighted by atomic mass is 9.54. The molecule has 0 aromatic heterocycles. The van der Waals surface area contributed by atoms with Crippen LogP contribution in [0.15, 0.2) is 25.0 Å². The second-order valence-corrected chi connectivity index (χ2v) is 9.34.